The molecular formula is C18H13N5O3. The number of amides is 1. The van der Waals surface area contributed by atoms with Crippen LogP contribution in [0.2, 0.25) is 0 Å². The van der Waals surface area contributed by atoms with Crippen molar-refractivity contribution in [1.29, 1.82) is 0 Å². The Balaban J connectivity index is 1.60. The minimum atomic E-state index is -1.11. The molecule has 0 aliphatic heterocycles. The lowest BCUT2D eigenvalue weighted by Crippen LogP contribution is -2.12. The number of aromatic amines is 1. The lowest BCUT2D eigenvalue weighted by atomic mass is 10.1. The third-order valence-electron chi connectivity index (χ3n) is 3.95. The minimum Gasteiger partial charge on any atom is -0.477 e. The van der Waals surface area contributed by atoms with Crippen LogP contribution in [0.1, 0.15) is 20.8 Å². The van der Waals surface area contributed by atoms with Gasteiger partial charge in [0.25, 0.3) is 5.91 Å². The Morgan fingerprint density at radius 2 is 1.88 bits per heavy atom. The summed E-state index contributed by atoms with van der Waals surface area (Å²) >= 11 is 0. The fourth-order valence-electron chi connectivity index (χ4n) is 2.68. The molecule has 0 unspecified atom stereocenters. The van der Waals surface area contributed by atoms with Gasteiger partial charge in [-0.25, -0.2) is 9.48 Å². The van der Waals surface area contributed by atoms with Crippen molar-refractivity contribution in [2.75, 3.05) is 5.32 Å². The molecule has 0 saturated carbocycles. The van der Waals surface area contributed by atoms with Crippen molar-refractivity contribution in [3.05, 3.63) is 72.2 Å². The SMILES string of the molecule is O=C(Nc1cccc2c(C(=O)O)[nH]nc12)c1ccc(-n2cccn2)cc1. The molecule has 4 aromatic rings. The second-order valence-electron chi connectivity index (χ2n) is 5.56. The number of rotatable bonds is 4. The summed E-state index contributed by atoms with van der Waals surface area (Å²) in [4.78, 5) is 23.7. The van der Waals surface area contributed by atoms with E-state index in [1.54, 1.807) is 53.3 Å². The Morgan fingerprint density at radius 3 is 2.58 bits per heavy atom. The van der Waals surface area contributed by atoms with Gasteiger partial charge in [-0.2, -0.15) is 10.2 Å². The first kappa shape index (κ1) is 15.6. The number of aromatic carboxylic acids is 1. The van der Waals surface area contributed by atoms with Crippen molar-refractivity contribution in [1.82, 2.24) is 20.0 Å². The number of para-hydroxylation sites is 1. The average molecular weight is 347 g/mol. The Labute approximate surface area is 147 Å². The van der Waals surface area contributed by atoms with Crippen LogP contribution in [0.5, 0.6) is 0 Å². The van der Waals surface area contributed by atoms with Gasteiger partial charge in [0.1, 0.15) is 5.52 Å². The molecule has 0 aliphatic rings. The van der Waals surface area contributed by atoms with Gasteiger partial charge in [-0.15, -0.1) is 0 Å². The molecule has 4 rings (SSSR count). The summed E-state index contributed by atoms with van der Waals surface area (Å²) in [7, 11) is 0. The molecule has 0 atom stereocenters. The van der Waals surface area contributed by atoms with Gasteiger partial charge >= 0.3 is 5.97 Å². The Kier molecular flexibility index (Phi) is 3.70. The standard InChI is InChI=1S/C18H13N5O3/c24-17(11-5-7-12(8-6-11)23-10-2-9-19-23)20-14-4-1-3-13-15(14)21-22-16(13)18(25)26/h1-10H,(H,20,24)(H,21,22)(H,25,26). The summed E-state index contributed by atoms with van der Waals surface area (Å²) < 4.78 is 1.69. The number of fused-ring (bicyclic) bond motifs is 1. The van der Waals surface area contributed by atoms with Crippen LogP contribution < -0.4 is 5.32 Å². The number of aromatic nitrogens is 4. The molecule has 0 aliphatic carbocycles. The molecular weight excluding hydrogens is 334 g/mol. The van der Waals surface area contributed by atoms with Gasteiger partial charge < -0.3 is 10.4 Å². The molecule has 1 amide bonds. The summed E-state index contributed by atoms with van der Waals surface area (Å²) in [5.41, 5.74) is 2.12. The molecule has 0 radical (unpaired) electrons. The molecule has 2 aromatic heterocycles. The highest BCUT2D eigenvalue weighted by Gasteiger charge is 2.16. The summed E-state index contributed by atoms with van der Waals surface area (Å²) in [6.07, 6.45) is 3.49. The minimum absolute atomic E-state index is 0.0142. The van der Waals surface area contributed by atoms with E-state index < -0.39 is 5.97 Å². The van der Waals surface area contributed by atoms with Gasteiger partial charge in [-0.05, 0) is 36.4 Å². The predicted molar refractivity (Wildman–Crippen MR) is 94.6 cm³/mol. The van der Waals surface area contributed by atoms with Crippen molar-refractivity contribution in [2.24, 2.45) is 0 Å². The van der Waals surface area contributed by atoms with Crippen molar-refractivity contribution in [3.63, 3.8) is 0 Å². The highest BCUT2D eigenvalue weighted by atomic mass is 16.4. The fraction of sp³-hybridized carbons (Fsp3) is 0. The predicted octanol–water partition coefficient (Wildman–Crippen LogP) is 2.70. The number of hydrogen-bond donors (Lipinski definition) is 3. The number of H-pyrrole nitrogens is 1. The molecule has 0 fully saturated rings. The monoisotopic (exact) mass is 347 g/mol. The maximum Gasteiger partial charge on any atom is 0.354 e. The van der Waals surface area contributed by atoms with E-state index in [0.717, 1.165) is 5.69 Å². The van der Waals surface area contributed by atoms with Crippen LogP contribution in [-0.2, 0) is 0 Å². The average Bonchev–Trinajstić information content (AvgIpc) is 3.32. The maximum atomic E-state index is 12.5. The number of anilines is 1. The van der Waals surface area contributed by atoms with Crippen LogP contribution >= 0.6 is 0 Å². The first-order valence-corrected chi connectivity index (χ1v) is 7.75. The molecule has 8 nitrogen and oxygen atoms in total. The Hall–Kier alpha value is -3.94. The van der Waals surface area contributed by atoms with Gasteiger partial charge in [-0.3, -0.25) is 9.89 Å². The Morgan fingerprint density at radius 1 is 1.08 bits per heavy atom. The number of nitrogens with zero attached hydrogens (tertiary/aromatic N) is 3. The molecule has 26 heavy (non-hydrogen) atoms. The molecule has 0 bridgehead atoms. The highest BCUT2D eigenvalue weighted by molar-refractivity contribution is 6.11. The van der Waals surface area contributed by atoms with Gasteiger partial charge in [-0.1, -0.05) is 12.1 Å². The molecule has 128 valence electrons. The zero-order valence-corrected chi connectivity index (χ0v) is 13.4. The number of hydrogen-bond acceptors (Lipinski definition) is 4. The van der Waals surface area contributed by atoms with E-state index in [9.17, 15) is 9.59 Å². The summed E-state index contributed by atoms with van der Waals surface area (Å²) in [6, 6.07) is 13.8. The first-order chi connectivity index (χ1) is 12.6. The number of benzene rings is 2. The van der Waals surface area contributed by atoms with E-state index in [4.69, 9.17) is 5.11 Å². The van der Waals surface area contributed by atoms with E-state index in [1.165, 1.54) is 0 Å². The van der Waals surface area contributed by atoms with E-state index in [0.29, 0.717) is 22.2 Å². The van der Waals surface area contributed by atoms with E-state index >= 15 is 0 Å². The summed E-state index contributed by atoms with van der Waals surface area (Å²) in [6.45, 7) is 0. The van der Waals surface area contributed by atoms with Gasteiger partial charge in [0, 0.05) is 23.3 Å². The number of nitrogens with one attached hydrogen (secondary N) is 2. The molecule has 0 spiro atoms. The van der Waals surface area contributed by atoms with E-state index in [2.05, 4.69) is 20.6 Å². The van der Waals surface area contributed by atoms with Gasteiger partial charge in [0.15, 0.2) is 5.69 Å². The van der Waals surface area contributed by atoms with Crippen LogP contribution in [0.3, 0.4) is 0 Å². The lowest BCUT2D eigenvalue weighted by molar-refractivity contribution is 0.0692. The van der Waals surface area contributed by atoms with Gasteiger partial charge in [0.2, 0.25) is 0 Å². The number of carboxylic acids is 1. The van der Waals surface area contributed by atoms with Crippen LogP contribution in [0.25, 0.3) is 16.6 Å². The third kappa shape index (κ3) is 2.69. The summed E-state index contributed by atoms with van der Waals surface area (Å²) in [5, 5.41) is 23.0. The van der Waals surface area contributed by atoms with E-state index in [-0.39, 0.29) is 11.6 Å². The zero-order valence-electron chi connectivity index (χ0n) is 13.4. The van der Waals surface area contributed by atoms with Crippen LogP contribution in [-0.4, -0.2) is 37.0 Å². The number of carboxylic acid groups (broad SMARTS) is 1. The smallest absolute Gasteiger partial charge is 0.354 e. The normalized spacial score (nSPS) is 10.8. The van der Waals surface area contributed by atoms with E-state index in [1.807, 2.05) is 12.3 Å². The molecule has 0 saturated heterocycles. The van der Waals surface area contributed by atoms with Crippen LogP contribution in [0, 0.1) is 0 Å². The molecule has 2 aromatic carbocycles. The number of carbonyl (C=O) groups is 2. The lowest BCUT2D eigenvalue weighted by Gasteiger charge is -2.07. The fourth-order valence-corrected chi connectivity index (χ4v) is 2.68. The summed E-state index contributed by atoms with van der Waals surface area (Å²) in [5.74, 6) is -1.42. The Bertz CT molecular complexity index is 1100. The largest absolute Gasteiger partial charge is 0.477 e. The van der Waals surface area contributed by atoms with Crippen molar-refractivity contribution < 1.29 is 14.7 Å². The first-order valence-electron chi connectivity index (χ1n) is 7.75. The zero-order chi connectivity index (χ0) is 18.1. The quantitative estimate of drug-likeness (QED) is 0.525. The van der Waals surface area contributed by atoms with Gasteiger partial charge in [0.05, 0.1) is 11.4 Å². The maximum absolute atomic E-state index is 12.5. The molecule has 2 heterocycles. The van der Waals surface area contributed by atoms with Crippen molar-refractivity contribution in [3.8, 4) is 5.69 Å². The van der Waals surface area contributed by atoms with Crippen molar-refractivity contribution in [2.45, 2.75) is 0 Å². The number of carbonyl (C=O) groups excluding carboxylic acids is 1. The molecule has 3 N–H and O–H groups in total. The topological polar surface area (TPSA) is 113 Å². The second-order valence-corrected chi connectivity index (χ2v) is 5.56. The van der Waals surface area contributed by atoms with Crippen LogP contribution in [0.15, 0.2) is 60.9 Å². The van der Waals surface area contributed by atoms with Crippen LogP contribution in [0.4, 0.5) is 5.69 Å². The van der Waals surface area contributed by atoms with Crippen molar-refractivity contribution >= 4 is 28.5 Å². The highest BCUT2D eigenvalue weighted by Crippen LogP contribution is 2.24. The second kappa shape index (κ2) is 6.17. The molecule has 8 heteroatoms. The third-order valence-corrected chi connectivity index (χ3v) is 3.95.